The van der Waals surface area contributed by atoms with Crippen LogP contribution in [0.5, 0.6) is 5.75 Å². The summed E-state index contributed by atoms with van der Waals surface area (Å²) in [5, 5.41) is 2.61. The minimum absolute atomic E-state index is 0.0708. The lowest BCUT2D eigenvalue weighted by molar-refractivity contribution is -0.144. The van der Waals surface area contributed by atoms with Gasteiger partial charge in [-0.05, 0) is 84.4 Å². The van der Waals surface area contributed by atoms with E-state index in [1.54, 1.807) is 69.9 Å². The number of esters is 1. The molecule has 1 aliphatic heterocycles. The zero-order valence-electron chi connectivity index (χ0n) is 29.1. The highest BCUT2D eigenvalue weighted by Gasteiger charge is 2.43. The number of anilines is 2. The Balaban J connectivity index is 1.59. The van der Waals surface area contributed by atoms with Crippen LogP contribution in [0.4, 0.5) is 16.3 Å². The van der Waals surface area contributed by atoms with E-state index in [0.717, 1.165) is 0 Å². The van der Waals surface area contributed by atoms with Gasteiger partial charge in [-0.25, -0.2) is 9.78 Å². The van der Waals surface area contributed by atoms with Gasteiger partial charge in [0.15, 0.2) is 11.6 Å². The van der Waals surface area contributed by atoms with Crippen molar-refractivity contribution in [2.45, 2.75) is 85.0 Å². The van der Waals surface area contributed by atoms with Crippen molar-refractivity contribution in [2.24, 2.45) is 0 Å². The first-order chi connectivity index (χ1) is 23.3. The molecule has 0 saturated heterocycles. The van der Waals surface area contributed by atoms with Crippen molar-refractivity contribution in [3.8, 4) is 17.6 Å². The number of nitrogens with one attached hydrogen (secondary N) is 1. The molecular formula is C38H44N4O7. The topological polar surface area (TPSA) is 127 Å². The molecule has 0 spiro atoms. The number of carbonyl (C=O) groups excluding carboxylic acids is 4. The van der Waals surface area contributed by atoms with E-state index in [0.29, 0.717) is 34.5 Å². The number of pyridine rings is 1. The molecule has 3 amide bonds. The van der Waals surface area contributed by atoms with Gasteiger partial charge < -0.3 is 24.0 Å². The van der Waals surface area contributed by atoms with E-state index in [-0.39, 0.29) is 43.3 Å². The number of nitrogens with zero attached hydrogens (tertiary/aromatic N) is 3. The van der Waals surface area contributed by atoms with Gasteiger partial charge in [0.1, 0.15) is 11.6 Å². The monoisotopic (exact) mass is 668 g/mol. The third-order valence-electron chi connectivity index (χ3n) is 7.45. The van der Waals surface area contributed by atoms with Gasteiger partial charge >= 0.3 is 12.1 Å². The van der Waals surface area contributed by atoms with E-state index < -0.39 is 29.7 Å². The highest BCUT2D eigenvalue weighted by atomic mass is 16.6. The summed E-state index contributed by atoms with van der Waals surface area (Å²) in [6.45, 7) is 13.0. The highest BCUT2D eigenvalue weighted by Crippen LogP contribution is 2.38. The van der Waals surface area contributed by atoms with E-state index in [1.165, 1.54) is 11.1 Å². The third-order valence-corrected chi connectivity index (χ3v) is 7.45. The Hall–Kier alpha value is -5.37. The van der Waals surface area contributed by atoms with Crippen LogP contribution in [0.25, 0.3) is 0 Å². The molecule has 2 heterocycles. The molecule has 1 aliphatic rings. The molecule has 258 valence electrons. The lowest BCUT2D eigenvalue weighted by Crippen LogP contribution is -2.48. The van der Waals surface area contributed by atoms with Crippen LogP contribution in [0, 0.1) is 11.8 Å². The van der Waals surface area contributed by atoms with Crippen LogP contribution >= 0.6 is 0 Å². The normalized spacial score (nSPS) is 15.1. The fraction of sp³-hybridized carbons (Fsp3) is 0.395. The molecule has 0 aliphatic carbocycles. The first-order valence-corrected chi connectivity index (χ1v) is 16.4. The Morgan fingerprint density at radius 2 is 1.76 bits per heavy atom. The minimum Gasteiger partial charge on any atom is -0.489 e. The van der Waals surface area contributed by atoms with Gasteiger partial charge in [-0.2, -0.15) is 0 Å². The van der Waals surface area contributed by atoms with Crippen molar-refractivity contribution in [1.29, 1.82) is 0 Å². The minimum atomic E-state index is -0.957. The number of ether oxygens (including phenoxy) is 3. The standard InChI is InChI=1S/C38H44N4O7/c1-8-47-32(43)23-26(4)42-33(28-16-10-9-11-17-28)36(45)41(25(2)3)30-20-19-27(24-29(30)35(42)44)15-12-13-22-48-31-18-14-21-39-34(31)40-37(46)49-38(5,6)7/h9-11,14,16-21,24-26,33H,8,13,22-23H2,1-7H3,(H,39,40,46). The second-order valence-corrected chi connectivity index (χ2v) is 12.8. The fourth-order valence-corrected chi connectivity index (χ4v) is 5.48. The smallest absolute Gasteiger partial charge is 0.413 e. The molecule has 2 unspecified atom stereocenters. The number of rotatable bonds is 10. The molecule has 49 heavy (non-hydrogen) atoms. The summed E-state index contributed by atoms with van der Waals surface area (Å²) in [5.74, 6) is 5.68. The predicted octanol–water partition coefficient (Wildman–Crippen LogP) is 6.53. The lowest BCUT2D eigenvalue weighted by atomic mass is 10.0. The average molecular weight is 669 g/mol. The number of carbonyl (C=O) groups is 4. The first kappa shape index (κ1) is 36.5. The molecule has 0 bridgehead atoms. The van der Waals surface area contributed by atoms with E-state index in [1.807, 2.05) is 44.2 Å². The summed E-state index contributed by atoms with van der Waals surface area (Å²) in [5.41, 5.74) is 1.35. The Morgan fingerprint density at radius 3 is 2.43 bits per heavy atom. The van der Waals surface area contributed by atoms with Gasteiger partial charge in [0.05, 0.1) is 30.9 Å². The number of fused-ring (bicyclic) bond motifs is 1. The molecule has 4 rings (SSSR count). The maximum absolute atomic E-state index is 14.5. The quantitative estimate of drug-likeness (QED) is 0.147. The molecule has 11 nitrogen and oxygen atoms in total. The van der Waals surface area contributed by atoms with Crippen LogP contribution in [-0.4, -0.2) is 64.7 Å². The second kappa shape index (κ2) is 16.2. The molecule has 0 fully saturated rings. The molecule has 2 aromatic carbocycles. The maximum atomic E-state index is 14.5. The molecule has 3 aromatic rings. The van der Waals surface area contributed by atoms with Crippen molar-refractivity contribution in [1.82, 2.24) is 9.88 Å². The first-order valence-electron chi connectivity index (χ1n) is 16.4. The van der Waals surface area contributed by atoms with Crippen molar-refractivity contribution >= 4 is 35.4 Å². The van der Waals surface area contributed by atoms with E-state index in [9.17, 15) is 19.2 Å². The average Bonchev–Trinajstić information content (AvgIpc) is 3.12. The molecule has 11 heteroatoms. The summed E-state index contributed by atoms with van der Waals surface area (Å²) in [4.78, 5) is 60.9. The molecule has 1 aromatic heterocycles. The maximum Gasteiger partial charge on any atom is 0.413 e. The van der Waals surface area contributed by atoms with E-state index in [4.69, 9.17) is 14.2 Å². The van der Waals surface area contributed by atoms with Gasteiger partial charge in [0.25, 0.3) is 11.8 Å². The van der Waals surface area contributed by atoms with Gasteiger partial charge in [0, 0.05) is 30.3 Å². The summed E-state index contributed by atoms with van der Waals surface area (Å²) in [6.07, 6.45) is 1.16. The van der Waals surface area contributed by atoms with Crippen LogP contribution in [-0.2, 0) is 19.1 Å². The zero-order chi connectivity index (χ0) is 35.7. The summed E-state index contributed by atoms with van der Waals surface area (Å²) < 4.78 is 16.3. The van der Waals surface area contributed by atoms with Crippen LogP contribution in [0.1, 0.15) is 88.8 Å². The molecule has 1 N–H and O–H groups in total. The summed E-state index contributed by atoms with van der Waals surface area (Å²) in [7, 11) is 0. The molecule has 0 radical (unpaired) electrons. The Kier molecular flexibility index (Phi) is 12.0. The number of hydrogen-bond acceptors (Lipinski definition) is 8. The van der Waals surface area contributed by atoms with Gasteiger partial charge in [0.2, 0.25) is 0 Å². The Bertz CT molecular complexity index is 1720. The van der Waals surface area contributed by atoms with Crippen LogP contribution in [0.2, 0.25) is 0 Å². The summed E-state index contributed by atoms with van der Waals surface area (Å²) >= 11 is 0. The largest absolute Gasteiger partial charge is 0.489 e. The van der Waals surface area contributed by atoms with Crippen LogP contribution in [0.3, 0.4) is 0 Å². The van der Waals surface area contributed by atoms with E-state index >= 15 is 0 Å². The molecule has 0 saturated carbocycles. The Labute approximate surface area is 287 Å². The van der Waals surface area contributed by atoms with Crippen LogP contribution in [0.15, 0.2) is 66.9 Å². The van der Waals surface area contributed by atoms with Crippen molar-refractivity contribution in [2.75, 3.05) is 23.4 Å². The fourth-order valence-electron chi connectivity index (χ4n) is 5.48. The van der Waals surface area contributed by atoms with Crippen molar-refractivity contribution in [3.63, 3.8) is 0 Å². The predicted molar refractivity (Wildman–Crippen MR) is 186 cm³/mol. The van der Waals surface area contributed by atoms with Gasteiger partial charge in [-0.15, -0.1) is 0 Å². The SMILES string of the molecule is CCOC(=O)CC(C)N1C(=O)c2cc(C#CCCOc3cccnc3NC(=O)OC(C)(C)C)ccc2N(C(C)C)C(=O)C1c1ccccc1. The lowest BCUT2D eigenvalue weighted by Gasteiger charge is -2.36. The Morgan fingerprint density at radius 1 is 1.02 bits per heavy atom. The number of aromatic nitrogens is 1. The van der Waals surface area contributed by atoms with Crippen molar-refractivity contribution < 1.29 is 33.4 Å². The second-order valence-electron chi connectivity index (χ2n) is 12.8. The third kappa shape index (κ3) is 9.38. The number of amides is 3. The van der Waals surface area contributed by atoms with Crippen molar-refractivity contribution in [3.05, 3.63) is 83.6 Å². The highest BCUT2D eigenvalue weighted by molar-refractivity contribution is 6.11. The van der Waals surface area contributed by atoms with Crippen LogP contribution < -0.4 is 15.0 Å². The summed E-state index contributed by atoms with van der Waals surface area (Å²) in [6, 6.07) is 15.9. The van der Waals surface area contributed by atoms with Gasteiger partial charge in [-0.1, -0.05) is 42.2 Å². The number of benzene rings is 2. The number of hydrogen-bond donors (Lipinski definition) is 1. The molecule has 2 atom stereocenters. The van der Waals surface area contributed by atoms with Gasteiger partial charge in [-0.3, -0.25) is 19.7 Å². The zero-order valence-corrected chi connectivity index (χ0v) is 29.1. The van der Waals surface area contributed by atoms with E-state index in [2.05, 4.69) is 22.1 Å². The molecular weight excluding hydrogens is 624 g/mol.